The molecule has 0 radical (unpaired) electrons. The number of hydrogen-bond donors (Lipinski definition) is 2. The number of carboxylic acids is 1. The summed E-state index contributed by atoms with van der Waals surface area (Å²) in [6, 6.07) is 2.26. The molecular formula is C13H19N3O2S. The fourth-order valence-electron chi connectivity index (χ4n) is 1.89. The zero-order valence-electron chi connectivity index (χ0n) is 11.0. The highest BCUT2D eigenvalue weighted by atomic mass is 32.2. The lowest BCUT2D eigenvalue weighted by Crippen LogP contribution is -2.50. The van der Waals surface area contributed by atoms with Crippen LogP contribution in [0.4, 0.5) is 0 Å². The van der Waals surface area contributed by atoms with Crippen molar-refractivity contribution in [2.24, 2.45) is 0 Å². The Morgan fingerprint density at radius 1 is 1.63 bits per heavy atom. The number of nitrogens with one attached hydrogen (secondary N) is 1. The van der Waals surface area contributed by atoms with Gasteiger partial charge in [0.2, 0.25) is 0 Å². The van der Waals surface area contributed by atoms with E-state index in [1.54, 1.807) is 24.9 Å². The van der Waals surface area contributed by atoms with E-state index in [1.807, 2.05) is 6.07 Å². The highest BCUT2D eigenvalue weighted by Gasteiger charge is 2.37. The Bertz CT molecular complexity index is 425. The van der Waals surface area contributed by atoms with E-state index in [2.05, 4.69) is 15.3 Å². The Morgan fingerprint density at radius 2 is 2.42 bits per heavy atom. The summed E-state index contributed by atoms with van der Waals surface area (Å²) in [6.07, 6.45) is 6.91. The van der Waals surface area contributed by atoms with Crippen LogP contribution in [0.15, 0.2) is 23.6 Å². The molecule has 1 aliphatic carbocycles. The predicted octanol–water partition coefficient (Wildman–Crippen LogP) is 1.94. The maximum Gasteiger partial charge on any atom is 0.323 e. The summed E-state index contributed by atoms with van der Waals surface area (Å²) in [7, 11) is 0. The van der Waals surface area contributed by atoms with Gasteiger partial charge in [-0.3, -0.25) is 10.1 Å². The molecule has 1 atom stereocenters. The van der Waals surface area contributed by atoms with Crippen LogP contribution >= 0.6 is 11.8 Å². The third-order valence-electron chi connectivity index (χ3n) is 3.20. The molecule has 1 heterocycles. The molecule has 2 rings (SSSR count). The van der Waals surface area contributed by atoms with Gasteiger partial charge < -0.3 is 5.11 Å². The van der Waals surface area contributed by atoms with Crippen molar-refractivity contribution in [1.29, 1.82) is 0 Å². The smallest absolute Gasteiger partial charge is 0.323 e. The van der Waals surface area contributed by atoms with E-state index in [-0.39, 0.29) is 0 Å². The molecule has 1 aromatic heterocycles. The summed E-state index contributed by atoms with van der Waals surface area (Å²) in [5, 5.41) is 13.5. The second-order valence-electron chi connectivity index (χ2n) is 5.06. The molecule has 1 aliphatic rings. The fourth-order valence-corrected chi connectivity index (χ4v) is 2.66. The number of nitrogens with zero attached hydrogens (tertiary/aromatic N) is 2. The molecule has 5 nitrogen and oxygen atoms in total. The molecule has 1 aromatic rings. The van der Waals surface area contributed by atoms with Crippen LogP contribution in [0, 0.1) is 0 Å². The number of rotatable bonds is 8. The van der Waals surface area contributed by atoms with E-state index >= 15 is 0 Å². The Hall–Kier alpha value is -1.14. The second-order valence-corrected chi connectivity index (χ2v) is 6.17. The summed E-state index contributed by atoms with van der Waals surface area (Å²) < 4.78 is 0. The third-order valence-corrected chi connectivity index (χ3v) is 4.23. The van der Waals surface area contributed by atoms with Crippen LogP contribution in [0.3, 0.4) is 0 Å². The minimum Gasteiger partial charge on any atom is -0.480 e. The molecule has 19 heavy (non-hydrogen) atoms. The fraction of sp³-hybridized carbons (Fsp3) is 0.615. The zero-order chi connectivity index (χ0) is 13.7. The molecule has 6 heteroatoms. The monoisotopic (exact) mass is 281 g/mol. The number of aliphatic carboxylic acids is 1. The van der Waals surface area contributed by atoms with E-state index in [1.165, 1.54) is 6.33 Å². The van der Waals surface area contributed by atoms with Gasteiger partial charge in [0.05, 0.1) is 5.03 Å². The third kappa shape index (κ3) is 4.47. The Balaban J connectivity index is 1.74. The van der Waals surface area contributed by atoms with Gasteiger partial charge in [0.25, 0.3) is 0 Å². The van der Waals surface area contributed by atoms with E-state index < -0.39 is 11.5 Å². The summed E-state index contributed by atoms with van der Waals surface area (Å²) in [6.45, 7) is 1.78. The maximum absolute atomic E-state index is 11.4. The molecule has 0 spiro atoms. The molecule has 1 unspecified atom stereocenters. The number of carboxylic acid groups (broad SMARTS) is 1. The van der Waals surface area contributed by atoms with Gasteiger partial charge in [0.15, 0.2) is 0 Å². The van der Waals surface area contributed by atoms with Crippen molar-refractivity contribution in [3.05, 3.63) is 18.6 Å². The minimum absolute atomic E-state index is 0.399. The van der Waals surface area contributed by atoms with Crippen molar-refractivity contribution >= 4 is 17.7 Å². The largest absolute Gasteiger partial charge is 0.480 e. The van der Waals surface area contributed by atoms with E-state index in [4.69, 9.17) is 0 Å². The van der Waals surface area contributed by atoms with Crippen molar-refractivity contribution in [3.63, 3.8) is 0 Å². The van der Waals surface area contributed by atoms with Crippen molar-refractivity contribution in [2.45, 2.75) is 49.2 Å². The normalized spacial score (nSPS) is 17.9. The first kappa shape index (κ1) is 14.3. The van der Waals surface area contributed by atoms with Crippen LogP contribution in [-0.4, -0.2) is 38.4 Å². The van der Waals surface area contributed by atoms with E-state index in [0.717, 1.165) is 30.0 Å². The molecule has 0 saturated heterocycles. The van der Waals surface area contributed by atoms with E-state index in [0.29, 0.717) is 12.5 Å². The van der Waals surface area contributed by atoms with Crippen LogP contribution in [0.2, 0.25) is 0 Å². The Labute approximate surface area is 117 Å². The standard InChI is InChI=1S/C13H19N3O2S/c1-13(12(17)18,16-10-3-4-10)6-2-8-19-11-5-7-14-9-15-11/h5,7,9-10,16H,2-4,6,8H2,1H3,(H,17,18). The van der Waals surface area contributed by atoms with Crippen molar-refractivity contribution in [2.75, 3.05) is 5.75 Å². The SMILES string of the molecule is CC(CCCSc1ccncn1)(NC1CC1)C(=O)O. The summed E-state index contributed by atoms with van der Waals surface area (Å²) in [4.78, 5) is 19.3. The lowest BCUT2D eigenvalue weighted by molar-refractivity contribution is -0.144. The molecule has 0 aliphatic heterocycles. The molecule has 0 aromatic carbocycles. The topological polar surface area (TPSA) is 75.1 Å². The average molecular weight is 281 g/mol. The summed E-state index contributed by atoms with van der Waals surface area (Å²) >= 11 is 1.64. The van der Waals surface area contributed by atoms with Gasteiger partial charge in [-0.1, -0.05) is 0 Å². The Kier molecular flexibility index (Phi) is 4.76. The molecular weight excluding hydrogens is 262 g/mol. The van der Waals surface area contributed by atoms with Gasteiger partial charge >= 0.3 is 5.97 Å². The molecule has 1 fully saturated rings. The van der Waals surface area contributed by atoms with Gasteiger partial charge in [-0.15, -0.1) is 11.8 Å². The molecule has 1 saturated carbocycles. The number of thioether (sulfide) groups is 1. The minimum atomic E-state index is -0.798. The highest BCUT2D eigenvalue weighted by molar-refractivity contribution is 7.99. The van der Waals surface area contributed by atoms with Crippen LogP contribution < -0.4 is 5.32 Å². The maximum atomic E-state index is 11.4. The van der Waals surface area contributed by atoms with Crippen LogP contribution in [0.1, 0.15) is 32.6 Å². The van der Waals surface area contributed by atoms with Crippen molar-refractivity contribution in [3.8, 4) is 0 Å². The van der Waals surface area contributed by atoms with Gasteiger partial charge in [-0.05, 0) is 44.4 Å². The summed E-state index contributed by atoms with van der Waals surface area (Å²) in [5.41, 5.74) is -0.798. The Morgan fingerprint density at radius 3 is 3.00 bits per heavy atom. The lowest BCUT2D eigenvalue weighted by Gasteiger charge is -2.26. The van der Waals surface area contributed by atoms with Gasteiger partial charge in [-0.2, -0.15) is 0 Å². The first-order chi connectivity index (χ1) is 9.10. The van der Waals surface area contributed by atoms with Gasteiger partial charge in [0, 0.05) is 12.2 Å². The number of carbonyl (C=O) groups is 1. The van der Waals surface area contributed by atoms with Gasteiger partial charge in [0.1, 0.15) is 11.9 Å². The predicted molar refractivity (Wildman–Crippen MR) is 74.2 cm³/mol. The van der Waals surface area contributed by atoms with E-state index in [9.17, 15) is 9.90 Å². The lowest BCUT2D eigenvalue weighted by atomic mass is 9.96. The molecule has 2 N–H and O–H groups in total. The quantitative estimate of drug-likeness (QED) is 0.431. The van der Waals surface area contributed by atoms with Gasteiger partial charge in [-0.25, -0.2) is 9.97 Å². The average Bonchev–Trinajstić information content (AvgIpc) is 3.19. The number of hydrogen-bond acceptors (Lipinski definition) is 5. The highest BCUT2D eigenvalue weighted by Crippen LogP contribution is 2.26. The number of aromatic nitrogens is 2. The zero-order valence-corrected chi connectivity index (χ0v) is 11.8. The summed E-state index contributed by atoms with van der Waals surface area (Å²) in [5.74, 6) is 0.109. The van der Waals surface area contributed by atoms with Crippen LogP contribution in [0.5, 0.6) is 0 Å². The molecule has 0 bridgehead atoms. The van der Waals surface area contributed by atoms with Crippen LogP contribution in [0.25, 0.3) is 0 Å². The van der Waals surface area contributed by atoms with Crippen LogP contribution in [-0.2, 0) is 4.79 Å². The molecule has 104 valence electrons. The van der Waals surface area contributed by atoms with Crippen molar-refractivity contribution in [1.82, 2.24) is 15.3 Å². The molecule has 0 amide bonds. The second kappa shape index (κ2) is 6.34. The first-order valence-electron chi connectivity index (χ1n) is 6.50. The first-order valence-corrected chi connectivity index (χ1v) is 7.49. The van der Waals surface area contributed by atoms with Crippen molar-refractivity contribution < 1.29 is 9.90 Å².